The molecule has 0 radical (unpaired) electrons. The zero-order chi connectivity index (χ0) is 18.9. The Morgan fingerprint density at radius 3 is 2.23 bits per heavy atom. The third-order valence-electron chi connectivity index (χ3n) is 4.37. The van der Waals surface area contributed by atoms with Crippen LogP contribution in [-0.2, 0) is 9.84 Å². The first-order valence-corrected chi connectivity index (χ1v) is 9.93. The predicted molar refractivity (Wildman–Crippen MR) is 98.7 cm³/mol. The quantitative estimate of drug-likeness (QED) is 0.642. The Balaban J connectivity index is 1.87. The van der Waals surface area contributed by atoms with Crippen molar-refractivity contribution in [3.8, 4) is 5.75 Å². The second-order valence-corrected chi connectivity index (χ2v) is 8.13. The number of nitro groups is 1. The average Bonchev–Trinajstić information content (AvgIpc) is 2.60. The highest BCUT2D eigenvalue weighted by Gasteiger charge is 2.30. The fourth-order valence-electron chi connectivity index (χ4n) is 3.14. The van der Waals surface area contributed by atoms with Crippen LogP contribution in [0.25, 0.3) is 0 Å². The number of nitro benzene ring substituents is 1. The van der Waals surface area contributed by atoms with Crippen LogP contribution in [0.3, 0.4) is 0 Å². The summed E-state index contributed by atoms with van der Waals surface area (Å²) in [6.45, 7) is 2.21. The molecule has 1 aliphatic rings. The molecule has 2 aromatic carbocycles. The van der Waals surface area contributed by atoms with Crippen LogP contribution in [0.1, 0.15) is 0 Å². The Labute approximate surface area is 151 Å². The van der Waals surface area contributed by atoms with E-state index in [-0.39, 0.29) is 16.3 Å². The first-order valence-electron chi connectivity index (χ1n) is 8.04. The Bertz CT molecular complexity index is 937. The molecule has 0 aromatic heterocycles. The van der Waals surface area contributed by atoms with Crippen LogP contribution in [0, 0.1) is 10.1 Å². The molecule has 1 N–H and O–H groups in total. The van der Waals surface area contributed by atoms with Gasteiger partial charge in [-0.15, -0.1) is 0 Å². The number of para-hydroxylation sites is 1. The van der Waals surface area contributed by atoms with Crippen LogP contribution in [0.5, 0.6) is 5.75 Å². The highest BCUT2D eigenvalue weighted by molar-refractivity contribution is 7.90. The van der Waals surface area contributed by atoms with Crippen molar-refractivity contribution in [2.24, 2.45) is 0 Å². The fraction of sp³-hybridized carbons (Fsp3) is 0.294. The summed E-state index contributed by atoms with van der Waals surface area (Å²) in [5.41, 5.74) is 0.818. The minimum Gasteiger partial charge on any atom is -0.508 e. The molecule has 0 aliphatic carbocycles. The largest absolute Gasteiger partial charge is 0.508 e. The first kappa shape index (κ1) is 18.0. The number of phenolic OH excluding ortho intramolecular Hbond substituents is 1. The van der Waals surface area contributed by atoms with E-state index in [2.05, 4.69) is 4.90 Å². The normalized spacial score (nSPS) is 15.1. The summed E-state index contributed by atoms with van der Waals surface area (Å²) in [6.07, 6.45) is 0.971. The van der Waals surface area contributed by atoms with Gasteiger partial charge in [-0.25, -0.2) is 8.42 Å². The molecule has 1 fully saturated rings. The molecule has 1 aliphatic heterocycles. The van der Waals surface area contributed by atoms with E-state index in [0.717, 1.165) is 11.9 Å². The molecule has 1 heterocycles. The lowest BCUT2D eigenvalue weighted by molar-refractivity contribution is -0.387. The maximum absolute atomic E-state index is 11.9. The van der Waals surface area contributed by atoms with Crippen molar-refractivity contribution in [1.82, 2.24) is 0 Å². The summed E-state index contributed by atoms with van der Waals surface area (Å²) < 4.78 is 23.8. The second kappa shape index (κ2) is 6.83. The molecule has 0 bridgehead atoms. The number of rotatable bonds is 4. The summed E-state index contributed by atoms with van der Waals surface area (Å²) in [5, 5.41) is 21.1. The number of aromatic hydroxyl groups is 1. The van der Waals surface area contributed by atoms with Gasteiger partial charge in [-0.05, 0) is 24.3 Å². The number of hydrogen-bond donors (Lipinski definition) is 1. The van der Waals surface area contributed by atoms with Gasteiger partial charge >= 0.3 is 5.69 Å². The minimum absolute atomic E-state index is 0.182. The van der Waals surface area contributed by atoms with Crippen molar-refractivity contribution in [1.29, 1.82) is 0 Å². The van der Waals surface area contributed by atoms with Gasteiger partial charge in [0.05, 0.1) is 4.92 Å². The summed E-state index contributed by atoms with van der Waals surface area (Å²) in [7, 11) is -3.70. The van der Waals surface area contributed by atoms with Gasteiger partial charge in [-0.1, -0.05) is 12.1 Å². The van der Waals surface area contributed by atoms with E-state index < -0.39 is 14.8 Å². The Morgan fingerprint density at radius 2 is 1.65 bits per heavy atom. The number of nitrogens with zero attached hydrogens (tertiary/aromatic N) is 3. The van der Waals surface area contributed by atoms with Crippen LogP contribution in [0.15, 0.2) is 47.4 Å². The fourth-order valence-corrected chi connectivity index (χ4v) is 4.00. The Hall–Kier alpha value is -2.81. The zero-order valence-corrected chi connectivity index (χ0v) is 15.0. The van der Waals surface area contributed by atoms with Gasteiger partial charge in [-0.3, -0.25) is 10.1 Å². The summed E-state index contributed by atoms with van der Waals surface area (Å²) >= 11 is 0. The lowest BCUT2D eigenvalue weighted by atomic mass is 10.2. The van der Waals surface area contributed by atoms with Crippen molar-refractivity contribution in [2.45, 2.75) is 4.90 Å². The van der Waals surface area contributed by atoms with E-state index in [0.29, 0.717) is 31.9 Å². The second-order valence-electron chi connectivity index (χ2n) is 6.15. The molecule has 0 spiro atoms. The monoisotopic (exact) mass is 377 g/mol. The van der Waals surface area contributed by atoms with E-state index >= 15 is 0 Å². The van der Waals surface area contributed by atoms with Gasteiger partial charge in [0.2, 0.25) is 0 Å². The van der Waals surface area contributed by atoms with E-state index in [1.165, 1.54) is 12.1 Å². The first-order chi connectivity index (χ1) is 12.3. The highest BCUT2D eigenvalue weighted by atomic mass is 32.2. The third kappa shape index (κ3) is 3.57. The van der Waals surface area contributed by atoms with E-state index in [9.17, 15) is 23.6 Å². The summed E-state index contributed by atoms with van der Waals surface area (Å²) in [5.74, 6) is 0.182. The van der Waals surface area contributed by atoms with Gasteiger partial charge in [0.15, 0.2) is 9.84 Å². The van der Waals surface area contributed by atoms with Crippen molar-refractivity contribution >= 4 is 26.9 Å². The number of phenols is 1. The molecule has 0 atom stereocenters. The van der Waals surface area contributed by atoms with E-state index in [1.807, 2.05) is 11.0 Å². The van der Waals surface area contributed by atoms with E-state index in [4.69, 9.17) is 0 Å². The minimum atomic E-state index is -3.70. The number of piperazine rings is 1. The van der Waals surface area contributed by atoms with Crippen molar-refractivity contribution in [2.75, 3.05) is 42.2 Å². The van der Waals surface area contributed by atoms with Crippen molar-refractivity contribution in [3.05, 3.63) is 52.6 Å². The molecule has 0 unspecified atom stereocenters. The van der Waals surface area contributed by atoms with Crippen LogP contribution in [0.4, 0.5) is 17.1 Å². The highest BCUT2D eigenvalue weighted by Crippen LogP contribution is 2.35. The van der Waals surface area contributed by atoms with Crippen LogP contribution in [-0.4, -0.2) is 50.9 Å². The third-order valence-corrected chi connectivity index (χ3v) is 5.50. The van der Waals surface area contributed by atoms with E-state index in [1.54, 1.807) is 24.3 Å². The summed E-state index contributed by atoms with van der Waals surface area (Å²) in [4.78, 5) is 14.5. The molecule has 8 nitrogen and oxygen atoms in total. The van der Waals surface area contributed by atoms with Gasteiger partial charge in [0, 0.05) is 44.2 Å². The van der Waals surface area contributed by atoms with Gasteiger partial charge in [0.25, 0.3) is 0 Å². The van der Waals surface area contributed by atoms with Crippen LogP contribution < -0.4 is 9.80 Å². The molecule has 2 aromatic rings. The van der Waals surface area contributed by atoms with Crippen LogP contribution >= 0.6 is 0 Å². The lowest BCUT2D eigenvalue weighted by Gasteiger charge is -2.37. The van der Waals surface area contributed by atoms with Gasteiger partial charge < -0.3 is 14.9 Å². The Kier molecular flexibility index (Phi) is 4.73. The Morgan fingerprint density at radius 1 is 1.04 bits per heavy atom. The molecule has 9 heteroatoms. The summed E-state index contributed by atoms with van der Waals surface area (Å²) in [6, 6.07) is 11.3. The molecule has 138 valence electrons. The smallest absolute Gasteiger partial charge is 0.311 e. The number of hydrogen-bond acceptors (Lipinski definition) is 7. The number of benzene rings is 2. The molecule has 0 saturated carbocycles. The molecular formula is C17H19N3O5S. The maximum atomic E-state index is 11.9. The van der Waals surface area contributed by atoms with Crippen molar-refractivity contribution < 1.29 is 18.4 Å². The number of anilines is 2. The zero-order valence-electron chi connectivity index (χ0n) is 14.2. The standard InChI is InChI=1S/C17H19N3O5S/c1-26(24,25)16-7-3-6-15(17(16)20(22)23)19-10-8-18(9-11-19)13-4-2-5-14(21)12-13/h2-7,12,21H,8-11H2,1H3. The predicted octanol–water partition coefficient (Wildman–Crippen LogP) is 2.03. The number of sulfone groups is 1. The molecule has 1 saturated heterocycles. The molecule has 26 heavy (non-hydrogen) atoms. The van der Waals surface area contributed by atoms with Gasteiger partial charge in [-0.2, -0.15) is 0 Å². The molecule has 3 rings (SSSR count). The van der Waals surface area contributed by atoms with Gasteiger partial charge in [0.1, 0.15) is 16.3 Å². The topological polar surface area (TPSA) is 104 Å². The van der Waals surface area contributed by atoms with Crippen LogP contribution in [0.2, 0.25) is 0 Å². The maximum Gasteiger partial charge on any atom is 0.311 e. The lowest BCUT2D eigenvalue weighted by Crippen LogP contribution is -2.46. The van der Waals surface area contributed by atoms with Crippen molar-refractivity contribution in [3.63, 3.8) is 0 Å². The molecule has 0 amide bonds. The SMILES string of the molecule is CS(=O)(=O)c1cccc(N2CCN(c3cccc(O)c3)CC2)c1[N+](=O)[O-]. The average molecular weight is 377 g/mol. The molecular weight excluding hydrogens is 358 g/mol.